The monoisotopic (exact) mass is 399 g/mol. The van der Waals surface area contributed by atoms with Crippen LogP contribution in [0.4, 0.5) is 0 Å². The first kappa shape index (κ1) is 19.6. The molecule has 0 radical (unpaired) electrons. The molecule has 7 heteroatoms. The van der Waals surface area contributed by atoms with E-state index in [0.717, 1.165) is 11.8 Å². The molecule has 4 unspecified atom stereocenters. The number of fused-ring (bicyclic) bond motifs is 2. The first-order chi connectivity index (χ1) is 14.1. The summed E-state index contributed by atoms with van der Waals surface area (Å²) in [4.78, 5) is 12.6. The number of rotatable bonds is 8. The summed E-state index contributed by atoms with van der Waals surface area (Å²) in [6.07, 6.45) is 6.99. The zero-order valence-corrected chi connectivity index (χ0v) is 17.3. The molecule has 1 aromatic heterocycles. The average Bonchev–Trinajstić information content (AvgIpc) is 3.48. The number of amides is 1. The second kappa shape index (κ2) is 8.35. The fourth-order valence-electron chi connectivity index (χ4n) is 4.94. The van der Waals surface area contributed by atoms with Crippen LogP contribution in [0, 0.1) is 17.8 Å². The molecule has 0 spiro atoms. The van der Waals surface area contributed by atoms with Gasteiger partial charge >= 0.3 is 0 Å². The van der Waals surface area contributed by atoms with Crippen LogP contribution >= 0.6 is 0 Å². The number of benzene rings is 1. The van der Waals surface area contributed by atoms with Crippen molar-refractivity contribution in [1.82, 2.24) is 15.1 Å². The van der Waals surface area contributed by atoms with Crippen LogP contribution in [-0.4, -0.2) is 35.9 Å². The van der Waals surface area contributed by atoms with Gasteiger partial charge in [0, 0.05) is 12.2 Å². The van der Waals surface area contributed by atoms with Crippen molar-refractivity contribution in [2.24, 2.45) is 17.8 Å². The minimum Gasteiger partial charge on any atom is -0.493 e. The molecule has 4 atom stereocenters. The molecule has 7 nitrogen and oxygen atoms in total. The Morgan fingerprint density at radius 1 is 1.21 bits per heavy atom. The van der Waals surface area contributed by atoms with Gasteiger partial charge in [0.2, 0.25) is 5.75 Å². The molecule has 1 heterocycles. The van der Waals surface area contributed by atoms with Crippen LogP contribution in [0.5, 0.6) is 17.2 Å². The van der Waals surface area contributed by atoms with Crippen LogP contribution in [0.15, 0.2) is 30.5 Å². The molecular formula is C22H29N3O4. The van der Waals surface area contributed by atoms with E-state index in [2.05, 4.69) is 17.3 Å². The molecule has 0 aliphatic heterocycles. The predicted molar refractivity (Wildman–Crippen MR) is 108 cm³/mol. The van der Waals surface area contributed by atoms with Gasteiger partial charge in [-0.3, -0.25) is 4.79 Å². The van der Waals surface area contributed by atoms with Gasteiger partial charge in [0.25, 0.3) is 5.91 Å². The van der Waals surface area contributed by atoms with Crippen molar-refractivity contribution < 1.29 is 19.0 Å². The number of carbonyl (C=O) groups excluding carboxylic acids is 1. The summed E-state index contributed by atoms with van der Waals surface area (Å²) in [5, 5.41) is 7.51. The largest absolute Gasteiger partial charge is 0.493 e. The van der Waals surface area contributed by atoms with Gasteiger partial charge in [0.15, 0.2) is 18.2 Å². The number of nitrogens with one attached hydrogen (secondary N) is 1. The Kier molecular flexibility index (Phi) is 5.65. The standard InChI is InChI=1S/C22H29N3O4/c1-14(17-12-15-7-8-16(17)11-15)23-22(26)18-9-10-25(24-18)13-29-21-19(27-2)5-4-6-20(21)28-3/h4-6,9-10,14-17H,7-8,11-13H2,1-3H3,(H,23,26). The van der Waals surface area contributed by atoms with Crippen molar-refractivity contribution in [2.45, 2.75) is 45.4 Å². The second-order valence-electron chi connectivity index (χ2n) is 8.11. The Bertz CT molecular complexity index is 843. The fraction of sp³-hybridized carbons (Fsp3) is 0.545. The summed E-state index contributed by atoms with van der Waals surface area (Å²) in [6.45, 7) is 2.27. The highest BCUT2D eigenvalue weighted by Crippen LogP contribution is 2.49. The van der Waals surface area contributed by atoms with Crippen molar-refractivity contribution in [3.05, 3.63) is 36.2 Å². The van der Waals surface area contributed by atoms with Crippen LogP contribution in [0.25, 0.3) is 0 Å². The quantitative estimate of drug-likeness (QED) is 0.735. The molecule has 2 aliphatic rings. The van der Waals surface area contributed by atoms with Crippen LogP contribution in [0.2, 0.25) is 0 Å². The second-order valence-corrected chi connectivity index (χ2v) is 8.11. The first-order valence-electron chi connectivity index (χ1n) is 10.3. The normalized spacial score (nSPS) is 23.6. The molecule has 2 saturated carbocycles. The van der Waals surface area contributed by atoms with Crippen molar-refractivity contribution >= 4 is 5.91 Å². The molecule has 1 N–H and O–H groups in total. The summed E-state index contributed by atoms with van der Waals surface area (Å²) in [5.74, 6) is 3.77. The summed E-state index contributed by atoms with van der Waals surface area (Å²) >= 11 is 0. The molecule has 2 aromatic rings. The molecule has 1 amide bonds. The molecule has 4 rings (SSSR count). The lowest BCUT2D eigenvalue weighted by atomic mass is 9.84. The Hall–Kier alpha value is -2.70. The molecule has 2 aliphatic carbocycles. The van der Waals surface area contributed by atoms with E-state index in [9.17, 15) is 4.79 Å². The fourth-order valence-corrected chi connectivity index (χ4v) is 4.94. The molecule has 29 heavy (non-hydrogen) atoms. The topological polar surface area (TPSA) is 74.6 Å². The maximum Gasteiger partial charge on any atom is 0.271 e. The Balaban J connectivity index is 1.35. The van der Waals surface area contributed by atoms with E-state index in [0.29, 0.717) is 28.9 Å². The van der Waals surface area contributed by atoms with Crippen LogP contribution < -0.4 is 19.5 Å². The predicted octanol–water partition coefficient (Wildman–Crippen LogP) is 3.49. The lowest BCUT2D eigenvalue weighted by molar-refractivity contribution is 0.0908. The summed E-state index contributed by atoms with van der Waals surface area (Å²) in [7, 11) is 3.16. The molecule has 0 saturated heterocycles. The van der Waals surface area contributed by atoms with Crippen molar-refractivity contribution in [3.63, 3.8) is 0 Å². The lowest BCUT2D eigenvalue weighted by Crippen LogP contribution is -2.40. The summed E-state index contributed by atoms with van der Waals surface area (Å²) in [5.41, 5.74) is 0.399. The highest BCUT2D eigenvalue weighted by Gasteiger charge is 2.42. The highest BCUT2D eigenvalue weighted by atomic mass is 16.5. The van der Waals surface area contributed by atoms with Crippen LogP contribution in [0.1, 0.15) is 43.1 Å². The minimum absolute atomic E-state index is 0.131. The lowest BCUT2D eigenvalue weighted by Gasteiger charge is -2.28. The zero-order chi connectivity index (χ0) is 20.4. The molecule has 2 fully saturated rings. The van der Waals surface area contributed by atoms with Crippen LogP contribution in [0.3, 0.4) is 0 Å². The number of aromatic nitrogens is 2. The van der Waals surface area contributed by atoms with Gasteiger partial charge in [0.05, 0.1) is 14.2 Å². The van der Waals surface area contributed by atoms with E-state index in [4.69, 9.17) is 14.2 Å². The maximum absolute atomic E-state index is 12.6. The van der Waals surface area contributed by atoms with Crippen molar-refractivity contribution in [3.8, 4) is 17.2 Å². The SMILES string of the molecule is COc1cccc(OC)c1OCn1ccc(C(=O)NC(C)C2CC3CCC2C3)n1. The Labute approximate surface area is 171 Å². The van der Waals surface area contributed by atoms with Gasteiger partial charge in [-0.1, -0.05) is 12.5 Å². The third kappa shape index (κ3) is 4.04. The Morgan fingerprint density at radius 2 is 1.97 bits per heavy atom. The number of para-hydroxylation sites is 1. The third-order valence-corrected chi connectivity index (χ3v) is 6.39. The van der Waals surface area contributed by atoms with E-state index in [1.165, 1.54) is 25.7 Å². The summed E-state index contributed by atoms with van der Waals surface area (Å²) < 4.78 is 18.1. The van der Waals surface area contributed by atoms with E-state index < -0.39 is 0 Å². The first-order valence-corrected chi connectivity index (χ1v) is 10.3. The Morgan fingerprint density at radius 3 is 2.59 bits per heavy atom. The number of carbonyl (C=O) groups is 1. The number of ether oxygens (including phenoxy) is 3. The van der Waals surface area contributed by atoms with Gasteiger partial charge in [-0.15, -0.1) is 0 Å². The number of nitrogens with zero attached hydrogens (tertiary/aromatic N) is 2. The number of methoxy groups -OCH3 is 2. The highest BCUT2D eigenvalue weighted by molar-refractivity contribution is 5.92. The van der Waals surface area contributed by atoms with E-state index in [1.807, 2.05) is 6.07 Å². The summed E-state index contributed by atoms with van der Waals surface area (Å²) in [6, 6.07) is 7.33. The smallest absolute Gasteiger partial charge is 0.271 e. The van der Waals surface area contributed by atoms with E-state index in [-0.39, 0.29) is 18.7 Å². The molecule has 156 valence electrons. The van der Waals surface area contributed by atoms with Gasteiger partial charge in [-0.05, 0) is 62.1 Å². The van der Waals surface area contributed by atoms with Crippen molar-refractivity contribution in [2.75, 3.05) is 14.2 Å². The number of hydrogen-bond donors (Lipinski definition) is 1. The number of hydrogen-bond acceptors (Lipinski definition) is 5. The van der Waals surface area contributed by atoms with Crippen molar-refractivity contribution in [1.29, 1.82) is 0 Å². The third-order valence-electron chi connectivity index (χ3n) is 6.39. The average molecular weight is 399 g/mol. The minimum atomic E-state index is -0.131. The van der Waals surface area contributed by atoms with Gasteiger partial charge in [0.1, 0.15) is 5.69 Å². The zero-order valence-electron chi connectivity index (χ0n) is 17.3. The van der Waals surface area contributed by atoms with E-state index in [1.54, 1.807) is 43.3 Å². The van der Waals surface area contributed by atoms with Crippen LogP contribution in [-0.2, 0) is 6.73 Å². The maximum atomic E-state index is 12.6. The molecule has 2 bridgehead atoms. The van der Waals surface area contributed by atoms with Gasteiger partial charge in [-0.25, -0.2) is 4.68 Å². The molecule has 1 aromatic carbocycles. The van der Waals surface area contributed by atoms with Gasteiger partial charge in [-0.2, -0.15) is 5.10 Å². The van der Waals surface area contributed by atoms with E-state index >= 15 is 0 Å². The molecular weight excluding hydrogens is 370 g/mol. The van der Waals surface area contributed by atoms with Gasteiger partial charge < -0.3 is 19.5 Å².